The Morgan fingerprint density at radius 1 is 1.35 bits per heavy atom. The molecule has 0 fully saturated rings. The molecule has 0 amide bonds. The first kappa shape index (κ1) is 11.9. The van der Waals surface area contributed by atoms with Gasteiger partial charge in [-0.3, -0.25) is 9.78 Å². The summed E-state index contributed by atoms with van der Waals surface area (Å²) >= 11 is 4.74. The van der Waals surface area contributed by atoms with E-state index < -0.39 is 11.7 Å². The monoisotopic (exact) mass is 255 g/mol. The molecule has 0 bridgehead atoms. The van der Waals surface area contributed by atoms with Crippen molar-refractivity contribution < 1.29 is 13.2 Å². The van der Waals surface area contributed by atoms with Gasteiger partial charge in [0.15, 0.2) is 7.85 Å². The Morgan fingerprint density at radius 3 is 2.59 bits per heavy atom. The van der Waals surface area contributed by atoms with E-state index in [-0.39, 0.29) is 16.2 Å². The van der Waals surface area contributed by atoms with E-state index in [9.17, 15) is 13.2 Å². The van der Waals surface area contributed by atoms with Gasteiger partial charge in [0, 0.05) is 0 Å². The number of alkyl halides is 3. The number of H-pyrrole nitrogens is 1. The molecule has 0 saturated carbocycles. The van der Waals surface area contributed by atoms with Crippen molar-refractivity contribution in [3.8, 4) is 5.69 Å². The van der Waals surface area contributed by atoms with Crippen LogP contribution in [0.15, 0.2) is 24.3 Å². The third kappa shape index (κ3) is 2.41. The van der Waals surface area contributed by atoms with Crippen molar-refractivity contribution in [2.24, 2.45) is 0 Å². The van der Waals surface area contributed by atoms with E-state index in [1.807, 2.05) is 0 Å². The van der Waals surface area contributed by atoms with E-state index in [2.05, 4.69) is 10.1 Å². The second kappa shape index (κ2) is 4.03. The number of halogens is 3. The maximum Gasteiger partial charge on any atom is 0.416 e. The smallest absolute Gasteiger partial charge is 0.267 e. The molecule has 0 atom stereocenters. The van der Waals surface area contributed by atoms with Crippen LogP contribution >= 0.6 is 12.2 Å². The third-order valence-electron chi connectivity index (χ3n) is 2.08. The second-order valence-corrected chi connectivity index (χ2v) is 3.66. The van der Waals surface area contributed by atoms with Crippen molar-refractivity contribution in [1.29, 1.82) is 0 Å². The Bertz CT molecular complexity index is 602. The zero-order valence-electron chi connectivity index (χ0n) is 8.32. The van der Waals surface area contributed by atoms with Crippen LogP contribution in [0.4, 0.5) is 13.2 Å². The van der Waals surface area contributed by atoms with Crippen molar-refractivity contribution in [3.63, 3.8) is 0 Å². The third-order valence-corrected chi connectivity index (χ3v) is 2.27. The molecule has 86 valence electrons. The van der Waals surface area contributed by atoms with Gasteiger partial charge in [-0.1, -0.05) is 6.07 Å². The molecule has 0 aliphatic rings. The summed E-state index contributed by atoms with van der Waals surface area (Å²) in [5.41, 5.74) is -0.530. The first-order valence-corrected chi connectivity index (χ1v) is 4.91. The quantitative estimate of drug-likeness (QED) is 0.622. The molecular weight excluding hydrogens is 250 g/mol. The summed E-state index contributed by atoms with van der Waals surface area (Å²) < 4.78 is 38.8. The van der Waals surface area contributed by atoms with E-state index in [0.29, 0.717) is 0 Å². The fraction of sp³-hybridized carbons (Fsp3) is 0.111. The Morgan fingerprint density at radius 2 is 2.06 bits per heavy atom. The lowest BCUT2D eigenvalue weighted by Crippen LogP contribution is -2.19. The molecule has 2 aromatic rings. The minimum Gasteiger partial charge on any atom is -0.267 e. The largest absolute Gasteiger partial charge is 0.416 e. The fourth-order valence-electron chi connectivity index (χ4n) is 1.35. The van der Waals surface area contributed by atoms with Crippen LogP contribution in [-0.2, 0) is 6.18 Å². The van der Waals surface area contributed by atoms with Gasteiger partial charge in [0.05, 0.1) is 17.0 Å². The van der Waals surface area contributed by atoms with E-state index in [1.165, 1.54) is 16.8 Å². The van der Waals surface area contributed by atoms with Gasteiger partial charge in [0.25, 0.3) is 0 Å². The SMILES string of the molecule is [B]c1nc(=S)[nH]n1-c1cccc(C(F)(F)F)c1. The fourth-order valence-corrected chi connectivity index (χ4v) is 1.53. The minimum atomic E-state index is -4.40. The van der Waals surface area contributed by atoms with E-state index >= 15 is 0 Å². The Balaban J connectivity index is 2.54. The molecule has 0 unspecified atom stereocenters. The van der Waals surface area contributed by atoms with E-state index in [0.717, 1.165) is 12.1 Å². The van der Waals surface area contributed by atoms with E-state index in [4.69, 9.17) is 20.1 Å². The highest BCUT2D eigenvalue weighted by Gasteiger charge is 2.30. The average molecular weight is 255 g/mol. The minimum absolute atomic E-state index is 0.00863. The van der Waals surface area contributed by atoms with Gasteiger partial charge in [0.2, 0.25) is 4.77 Å². The number of hydrogen-bond acceptors (Lipinski definition) is 2. The molecule has 0 saturated heterocycles. The number of aromatic nitrogens is 3. The topological polar surface area (TPSA) is 33.6 Å². The molecule has 2 rings (SSSR count). The lowest BCUT2D eigenvalue weighted by Gasteiger charge is -2.09. The van der Waals surface area contributed by atoms with Crippen LogP contribution in [0.5, 0.6) is 0 Å². The maximum atomic E-state index is 12.5. The number of hydrogen-bond donors (Lipinski definition) is 1. The van der Waals surface area contributed by atoms with Crippen LogP contribution in [0.25, 0.3) is 5.69 Å². The Hall–Kier alpha value is -1.57. The molecule has 8 heteroatoms. The van der Waals surface area contributed by atoms with Crippen LogP contribution in [0, 0.1) is 4.77 Å². The predicted octanol–water partition coefficient (Wildman–Crippen LogP) is 1.74. The molecule has 3 nitrogen and oxygen atoms in total. The lowest BCUT2D eigenvalue weighted by atomic mass is 10.1. The molecule has 1 aromatic carbocycles. The van der Waals surface area contributed by atoms with Crippen molar-refractivity contribution >= 4 is 25.8 Å². The second-order valence-electron chi connectivity index (χ2n) is 3.27. The summed E-state index contributed by atoms with van der Waals surface area (Å²) in [6.07, 6.45) is -4.40. The highest BCUT2D eigenvalue weighted by molar-refractivity contribution is 7.71. The molecule has 1 heterocycles. The lowest BCUT2D eigenvalue weighted by molar-refractivity contribution is -0.137. The number of nitrogens with one attached hydrogen (secondary N) is 1. The van der Waals surface area contributed by atoms with Crippen LogP contribution in [0.2, 0.25) is 0 Å². The average Bonchev–Trinajstić information content (AvgIpc) is 2.57. The van der Waals surface area contributed by atoms with Crippen LogP contribution < -0.4 is 5.72 Å². The maximum absolute atomic E-state index is 12.5. The molecule has 0 aliphatic carbocycles. The summed E-state index contributed by atoms with van der Waals surface area (Å²) in [7, 11) is 5.51. The number of benzene rings is 1. The molecular formula is C9H5BF3N3S. The van der Waals surface area contributed by atoms with Crippen molar-refractivity contribution in [1.82, 2.24) is 14.8 Å². The van der Waals surface area contributed by atoms with Crippen LogP contribution in [0.1, 0.15) is 5.56 Å². The van der Waals surface area contributed by atoms with Gasteiger partial charge in [-0.2, -0.15) is 13.2 Å². The summed E-state index contributed by atoms with van der Waals surface area (Å²) in [4.78, 5) is 3.70. The summed E-state index contributed by atoms with van der Waals surface area (Å²) in [5.74, 6) is 0. The molecule has 0 aliphatic heterocycles. The van der Waals surface area contributed by atoms with Gasteiger partial charge < -0.3 is 0 Å². The summed E-state index contributed by atoms with van der Waals surface area (Å²) in [5, 5.41) is 2.57. The van der Waals surface area contributed by atoms with Crippen LogP contribution in [0.3, 0.4) is 0 Å². The normalized spacial score (nSPS) is 11.7. The van der Waals surface area contributed by atoms with E-state index in [1.54, 1.807) is 0 Å². The van der Waals surface area contributed by atoms with Crippen molar-refractivity contribution in [3.05, 3.63) is 34.6 Å². The van der Waals surface area contributed by atoms with Gasteiger partial charge in [-0.05, 0) is 30.4 Å². The zero-order valence-corrected chi connectivity index (χ0v) is 9.14. The van der Waals surface area contributed by atoms with Gasteiger partial charge >= 0.3 is 6.18 Å². The Kier molecular flexibility index (Phi) is 2.82. The highest BCUT2D eigenvalue weighted by Crippen LogP contribution is 2.29. The molecule has 1 N–H and O–H groups in total. The first-order valence-electron chi connectivity index (χ1n) is 4.50. The predicted molar refractivity (Wildman–Crippen MR) is 59.1 cm³/mol. The number of nitrogens with zero attached hydrogens (tertiary/aromatic N) is 2. The Labute approximate surface area is 101 Å². The molecule has 2 radical (unpaired) electrons. The van der Waals surface area contributed by atoms with Gasteiger partial charge in [-0.15, -0.1) is 0 Å². The zero-order chi connectivity index (χ0) is 12.6. The molecule has 0 spiro atoms. The summed E-state index contributed by atoms with van der Waals surface area (Å²) in [6, 6.07) is 4.70. The van der Waals surface area contributed by atoms with Gasteiger partial charge in [-0.25, -0.2) is 4.98 Å². The molecule has 17 heavy (non-hydrogen) atoms. The first-order chi connectivity index (χ1) is 7.88. The highest BCUT2D eigenvalue weighted by atomic mass is 32.1. The van der Waals surface area contributed by atoms with Gasteiger partial charge in [0.1, 0.15) is 0 Å². The van der Waals surface area contributed by atoms with Crippen molar-refractivity contribution in [2.75, 3.05) is 0 Å². The molecule has 1 aromatic heterocycles. The number of rotatable bonds is 1. The number of aromatic amines is 1. The van der Waals surface area contributed by atoms with Crippen LogP contribution in [-0.4, -0.2) is 22.6 Å². The standard InChI is InChI=1S/C9H5BF3N3S/c10-7-14-8(17)15-16(7)6-3-1-2-5(4-6)9(11,12)13/h1-4H,(H,15,17). The van der Waals surface area contributed by atoms with Crippen molar-refractivity contribution in [2.45, 2.75) is 6.18 Å². The summed E-state index contributed by atoms with van der Waals surface area (Å²) in [6.45, 7) is 0.